The van der Waals surface area contributed by atoms with Crippen LogP contribution in [0.3, 0.4) is 0 Å². The number of hydrogen-bond donors (Lipinski definition) is 2. The average Bonchev–Trinajstić information content (AvgIpc) is 4.14. The van der Waals surface area contributed by atoms with Gasteiger partial charge in [0.15, 0.2) is 0 Å². The van der Waals surface area contributed by atoms with E-state index in [1.54, 1.807) is 0 Å². The number of nitrogens with one attached hydrogen (secondary N) is 2. The Morgan fingerprint density at radius 1 is 0.367 bits per heavy atom. The fraction of sp³-hybridized carbons (Fsp3) is 0. The predicted molar refractivity (Wildman–Crippen MR) is 243 cm³/mol. The second-order valence-corrected chi connectivity index (χ2v) is 14.9. The van der Waals surface area contributed by atoms with Gasteiger partial charge in [0, 0.05) is 55.4 Å². The summed E-state index contributed by atoms with van der Waals surface area (Å²) in [5.41, 5.74) is 17.4. The Morgan fingerprint density at radius 3 is 1.05 bits per heavy atom. The SMILES string of the molecule is N#Cc1cc2cc3c(cc2cc1C#N)-c1nc-3c(-c2ccccc2)c2ccc([nH]2)c(-c2ccccc2)c2nc(c(-c3ccccc3)c3ccc([nH]3)c1-c1ccccc1)C=C2. The second-order valence-electron chi connectivity index (χ2n) is 14.9. The van der Waals surface area contributed by atoms with Crippen molar-refractivity contribution in [3.05, 3.63) is 192 Å². The van der Waals surface area contributed by atoms with Crippen LogP contribution >= 0.6 is 0 Å². The molecule has 2 aliphatic rings. The summed E-state index contributed by atoms with van der Waals surface area (Å²) < 4.78 is 0. The van der Waals surface area contributed by atoms with E-state index in [2.05, 4.69) is 168 Å². The summed E-state index contributed by atoms with van der Waals surface area (Å²) in [4.78, 5) is 18.8. The van der Waals surface area contributed by atoms with Gasteiger partial charge in [-0.1, -0.05) is 121 Å². The van der Waals surface area contributed by atoms with Crippen LogP contribution in [0.5, 0.6) is 0 Å². The Kier molecular flexibility index (Phi) is 8.15. The smallest absolute Gasteiger partial charge is 0.101 e. The Hall–Kier alpha value is -8.58. The Balaban J connectivity index is 1.39. The van der Waals surface area contributed by atoms with Crippen LogP contribution in [0.1, 0.15) is 22.5 Å². The average molecular weight is 765 g/mol. The van der Waals surface area contributed by atoms with E-state index in [1.807, 2.05) is 36.4 Å². The molecule has 0 aliphatic carbocycles. The molecule has 6 nitrogen and oxygen atoms in total. The van der Waals surface area contributed by atoms with Crippen molar-refractivity contribution in [2.75, 3.05) is 0 Å². The van der Waals surface area contributed by atoms with Gasteiger partial charge in [-0.05, 0) is 93.7 Å². The molecule has 2 N–H and O–H groups in total. The van der Waals surface area contributed by atoms with E-state index < -0.39 is 0 Å². The van der Waals surface area contributed by atoms with Crippen molar-refractivity contribution < 1.29 is 0 Å². The lowest BCUT2D eigenvalue weighted by Gasteiger charge is -2.10. The number of rotatable bonds is 4. The van der Waals surface area contributed by atoms with E-state index >= 15 is 0 Å². The van der Waals surface area contributed by atoms with Crippen molar-refractivity contribution in [3.63, 3.8) is 0 Å². The summed E-state index contributed by atoms with van der Waals surface area (Å²) >= 11 is 0. The summed E-state index contributed by atoms with van der Waals surface area (Å²) in [6.07, 6.45) is 4.23. The molecule has 0 saturated heterocycles. The summed E-state index contributed by atoms with van der Waals surface area (Å²) in [6.45, 7) is 0. The van der Waals surface area contributed by atoms with Gasteiger partial charge in [-0.15, -0.1) is 0 Å². The lowest BCUT2D eigenvalue weighted by atomic mass is 9.91. The lowest BCUT2D eigenvalue weighted by Crippen LogP contribution is -1.89. The highest BCUT2D eigenvalue weighted by Gasteiger charge is 2.26. The maximum atomic E-state index is 10.1. The fourth-order valence-electron chi connectivity index (χ4n) is 8.70. The van der Waals surface area contributed by atoms with Gasteiger partial charge >= 0.3 is 0 Å². The Labute approximate surface area is 345 Å². The molecule has 0 saturated carbocycles. The van der Waals surface area contributed by atoms with Gasteiger partial charge in [-0.3, -0.25) is 0 Å². The monoisotopic (exact) mass is 764 g/mol. The van der Waals surface area contributed by atoms with Crippen molar-refractivity contribution >= 4 is 45.0 Å². The first kappa shape index (κ1) is 34.7. The molecule has 3 aromatic heterocycles. The Bertz CT molecular complexity index is 3250. The highest BCUT2D eigenvalue weighted by atomic mass is 14.8. The maximum Gasteiger partial charge on any atom is 0.101 e. The molecule has 0 spiro atoms. The van der Waals surface area contributed by atoms with Crippen LogP contribution < -0.4 is 0 Å². The molecule has 278 valence electrons. The van der Waals surface area contributed by atoms with E-state index in [0.717, 1.165) is 111 Å². The molecular formula is C54H32N6. The predicted octanol–water partition coefficient (Wildman–Crippen LogP) is 13.4. The number of fused-ring (bicyclic) bond motifs is 12. The van der Waals surface area contributed by atoms with Gasteiger partial charge in [0.2, 0.25) is 0 Å². The second kappa shape index (κ2) is 14.1. The van der Waals surface area contributed by atoms with E-state index in [-0.39, 0.29) is 0 Å². The highest BCUT2D eigenvalue weighted by Crippen LogP contribution is 2.48. The number of benzene rings is 6. The minimum absolute atomic E-state index is 0.339. The quantitative estimate of drug-likeness (QED) is 0.186. The van der Waals surface area contributed by atoms with Crippen LogP contribution in [0.2, 0.25) is 0 Å². The van der Waals surface area contributed by atoms with E-state index in [0.29, 0.717) is 11.1 Å². The number of aromatic amines is 2. The standard InChI is InChI=1S/C54H32N6/c55-31-39-27-37-29-41-42(30-38(37)28-40(39)32-56)54-52(36-19-11-4-12-20-36)48-26-24-46(59-48)50(34-15-7-2-8-16-34)44-22-21-43(57-44)49(33-13-5-1-6-14-33)45-23-25-47(58-45)51(53(41)60-54)35-17-9-3-10-18-35/h1-30,58-59H. The van der Waals surface area contributed by atoms with Crippen molar-refractivity contribution in [1.29, 1.82) is 10.5 Å². The highest BCUT2D eigenvalue weighted by molar-refractivity contribution is 6.08. The molecule has 6 aromatic carbocycles. The van der Waals surface area contributed by atoms with Crippen LogP contribution in [0, 0.1) is 22.7 Å². The summed E-state index contributed by atoms with van der Waals surface area (Å²) in [5, 5.41) is 21.8. The fourth-order valence-corrected chi connectivity index (χ4v) is 8.70. The van der Waals surface area contributed by atoms with Gasteiger partial charge < -0.3 is 9.97 Å². The van der Waals surface area contributed by atoms with E-state index in [1.165, 1.54) is 0 Å². The lowest BCUT2D eigenvalue weighted by molar-refractivity contribution is 1.32. The number of nitriles is 2. The first-order chi connectivity index (χ1) is 29.6. The minimum Gasteiger partial charge on any atom is -0.354 e. The van der Waals surface area contributed by atoms with Crippen LogP contribution in [-0.4, -0.2) is 19.9 Å². The Morgan fingerprint density at radius 2 is 0.700 bits per heavy atom. The molecule has 0 atom stereocenters. The zero-order valence-electron chi connectivity index (χ0n) is 32.1. The van der Waals surface area contributed by atoms with Gasteiger partial charge in [0.1, 0.15) is 12.1 Å². The van der Waals surface area contributed by atoms with Gasteiger partial charge in [-0.25, -0.2) is 9.97 Å². The third kappa shape index (κ3) is 5.71. The topological polar surface area (TPSA) is 105 Å². The van der Waals surface area contributed by atoms with Crippen LogP contribution in [0.25, 0.3) is 112 Å². The molecule has 0 radical (unpaired) electrons. The molecule has 11 rings (SSSR count). The zero-order valence-corrected chi connectivity index (χ0v) is 32.1. The van der Waals surface area contributed by atoms with Crippen molar-refractivity contribution in [2.24, 2.45) is 0 Å². The molecule has 60 heavy (non-hydrogen) atoms. The zero-order chi connectivity index (χ0) is 40.2. The molecule has 2 aliphatic heterocycles. The summed E-state index contributed by atoms with van der Waals surface area (Å²) in [7, 11) is 0. The molecule has 0 unspecified atom stereocenters. The number of H-pyrrole nitrogens is 2. The molecule has 0 fully saturated rings. The first-order valence-corrected chi connectivity index (χ1v) is 19.8. The van der Waals surface area contributed by atoms with Crippen molar-refractivity contribution in [1.82, 2.24) is 19.9 Å². The third-order valence-electron chi connectivity index (χ3n) is 11.4. The molecule has 0 amide bonds. The number of aromatic nitrogens is 4. The number of nitrogens with zero attached hydrogens (tertiary/aromatic N) is 4. The van der Waals surface area contributed by atoms with Crippen molar-refractivity contribution in [3.8, 4) is 79.2 Å². The minimum atomic E-state index is 0.339. The molecule has 5 heterocycles. The summed E-state index contributed by atoms with van der Waals surface area (Å²) in [5.74, 6) is 0. The summed E-state index contributed by atoms with van der Waals surface area (Å²) in [6, 6.07) is 62.4. The third-order valence-corrected chi connectivity index (χ3v) is 11.4. The van der Waals surface area contributed by atoms with E-state index in [9.17, 15) is 10.5 Å². The van der Waals surface area contributed by atoms with Crippen molar-refractivity contribution in [2.45, 2.75) is 0 Å². The van der Waals surface area contributed by atoms with Gasteiger partial charge in [0.25, 0.3) is 0 Å². The first-order valence-electron chi connectivity index (χ1n) is 19.8. The molecular weight excluding hydrogens is 733 g/mol. The number of hydrogen-bond acceptors (Lipinski definition) is 4. The normalized spacial score (nSPS) is 11.6. The van der Waals surface area contributed by atoms with Gasteiger partial charge in [0.05, 0.1) is 33.9 Å². The molecule has 9 aromatic rings. The van der Waals surface area contributed by atoms with Gasteiger partial charge in [-0.2, -0.15) is 10.5 Å². The maximum absolute atomic E-state index is 10.1. The molecule has 8 bridgehead atoms. The largest absolute Gasteiger partial charge is 0.354 e. The van der Waals surface area contributed by atoms with Crippen LogP contribution in [0.15, 0.2) is 170 Å². The van der Waals surface area contributed by atoms with E-state index in [4.69, 9.17) is 9.97 Å². The molecule has 6 heteroatoms. The van der Waals surface area contributed by atoms with Crippen LogP contribution in [-0.2, 0) is 0 Å². The van der Waals surface area contributed by atoms with Crippen LogP contribution in [0.4, 0.5) is 0 Å².